The molecule has 134 valence electrons. The molecule has 0 spiro atoms. The van der Waals surface area contributed by atoms with Gasteiger partial charge in [-0.25, -0.2) is 4.98 Å². The highest BCUT2D eigenvalue weighted by atomic mass is 35.5. The van der Waals surface area contributed by atoms with Gasteiger partial charge < -0.3 is 16.4 Å². The quantitative estimate of drug-likeness (QED) is 0.626. The van der Waals surface area contributed by atoms with Gasteiger partial charge in [0.25, 0.3) is 5.91 Å². The summed E-state index contributed by atoms with van der Waals surface area (Å²) in [5.74, 6) is -0.283. The molecule has 1 atom stereocenters. The summed E-state index contributed by atoms with van der Waals surface area (Å²) >= 11 is 12.4. The van der Waals surface area contributed by atoms with E-state index in [0.29, 0.717) is 51.4 Å². The molecule has 0 aliphatic carbocycles. The maximum Gasteiger partial charge on any atom is 0.268 e. The average Bonchev–Trinajstić information content (AvgIpc) is 3.22. The predicted octanol–water partition coefficient (Wildman–Crippen LogP) is 1.96. The minimum Gasteiger partial charge on any atom is -0.364 e. The maximum absolute atomic E-state index is 12.1. The number of aromatic amines is 1. The molecule has 1 fully saturated rings. The number of rotatable bonds is 3. The van der Waals surface area contributed by atoms with Crippen LogP contribution in [0.2, 0.25) is 10.0 Å². The van der Waals surface area contributed by atoms with Crippen LogP contribution in [-0.4, -0.2) is 45.2 Å². The van der Waals surface area contributed by atoms with Crippen molar-refractivity contribution in [3.8, 4) is 11.3 Å². The third kappa shape index (κ3) is 2.76. The van der Waals surface area contributed by atoms with Gasteiger partial charge >= 0.3 is 0 Å². The van der Waals surface area contributed by atoms with Gasteiger partial charge in [-0.05, 0) is 12.5 Å². The highest BCUT2D eigenvalue weighted by Crippen LogP contribution is 2.36. The summed E-state index contributed by atoms with van der Waals surface area (Å²) in [5.41, 5.74) is 13.0. The highest BCUT2D eigenvalue weighted by molar-refractivity contribution is 6.43. The van der Waals surface area contributed by atoms with E-state index in [1.165, 1.54) is 0 Å². The number of aromatic nitrogens is 4. The van der Waals surface area contributed by atoms with Crippen LogP contribution in [0.15, 0.2) is 18.2 Å². The van der Waals surface area contributed by atoms with Gasteiger partial charge in [-0.1, -0.05) is 35.3 Å². The summed E-state index contributed by atoms with van der Waals surface area (Å²) in [6, 6.07) is 5.22. The van der Waals surface area contributed by atoms with E-state index in [1.807, 2.05) is 4.90 Å². The predicted molar refractivity (Wildman–Crippen MR) is 100 cm³/mol. The molecule has 0 bridgehead atoms. The number of H-pyrrole nitrogens is 1. The monoisotopic (exact) mass is 391 g/mol. The van der Waals surface area contributed by atoms with Crippen LogP contribution in [0.5, 0.6) is 0 Å². The lowest BCUT2D eigenvalue weighted by Gasteiger charge is -2.16. The van der Waals surface area contributed by atoms with Crippen molar-refractivity contribution in [2.45, 2.75) is 12.5 Å². The normalized spacial score (nSPS) is 17.2. The summed E-state index contributed by atoms with van der Waals surface area (Å²) in [7, 11) is 0. The fraction of sp³-hybridized carbons (Fsp3) is 0.250. The van der Waals surface area contributed by atoms with E-state index >= 15 is 0 Å². The first-order valence-corrected chi connectivity index (χ1v) is 8.72. The molecule has 4 rings (SSSR count). The topological polar surface area (TPSA) is 127 Å². The standard InChI is InChI=1S/C16H15Cl2N7O/c17-9-3-1-2-8(11(9)18)12-10-13(14(20)26)21-16(22-15(10)24-23-12)25-5-4-7(19)6-25/h1-3,7H,4-6,19H2,(H2,20,26)(H,21,22,23,24). The molecule has 1 aliphatic rings. The molecule has 1 aliphatic heterocycles. The second-order valence-corrected chi connectivity index (χ2v) is 6.91. The molecular formula is C16H15Cl2N7O. The number of anilines is 1. The van der Waals surface area contributed by atoms with Gasteiger partial charge in [0.1, 0.15) is 11.4 Å². The summed E-state index contributed by atoms with van der Waals surface area (Å²) < 4.78 is 0. The zero-order valence-corrected chi connectivity index (χ0v) is 15.1. The molecule has 10 heteroatoms. The van der Waals surface area contributed by atoms with E-state index in [2.05, 4.69) is 20.2 Å². The number of halogens is 2. The minimum atomic E-state index is -0.678. The van der Waals surface area contributed by atoms with Crippen LogP contribution in [0.4, 0.5) is 5.95 Å². The zero-order chi connectivity index (χ0) is 18.4. The first-order chi connectivity index (χ1) is 12.5. The van der Waals surface area contributed by atoms with Crippen LogP contribution in [0.3, 0.4) is 0 Å². The molecule has 3 heterocycles. The van der Waals surface area contributed by atoms with Crippen molar-refractivity contribution in [1.82, 2.24) is 20.2 Å². The number of nitrogens with one attached hydrogen (secondary N) is 1. The Morgan fingerprint density at radius 3 is 2.81 bits per heavy atom. The van der Waals surface area contributed by atoms with Gasteiger partial charge in [0.15, 0.2) is 5.65 Å². The smallest absolute Gasteiger partial charge is 0.268 e. The van der Waals surface area contributed by atoms with Crippen molar-refractivity contribution in [1.29, 1.82) is 0 Å². The number of fused-ring (bicyclic) bond motifs is 1. The largest absolute Gasteiger partial charge is 0.364 e. The molecule has 2 aromatic heterocycles. The van der Waals surface area contributed by atoms with Crippen LogP contribution in [0.1, 0.15) is 16.9 Å². The number of nitrogens with zero attached hydrogens (tertiary/aromatic N) is 4. The number of primary amides is 1. The van der Waals surface area contributed by atoms with Crippen molar-refractivity contribution >= 4 is 46.1 Å². The first kappa shape index (κ1) is 17.0. The third-order valence-corrected chi connectivity index (χ3v) is 5.17. The van der Waals surface area contributed by atoms with Crippen LogP contribution >= 0.6 is 23.2 Å². The van der Waals surface area contributed by atoms with Gasteiger partial charge in [-0.2, -0.15) is 10.1 Å². The lowest BCUT2D eigenvalue weighted by Crippen LogP contribution is -2.28. The fourth-order valence-electron chi connectivity index (χ4n) is 3.09. The van der Waals surface area contributed by atoms with Gasteiger partial charge in [0.2, 0.25) is 5.95 Å². The second kappa shape index (κ2) is 6.39. The van der Waals surface area contributed by atoms with Crippen LogP contribution in [0, 0.1) is 0 Å². The van der Waals surface area contributed by atoms with Crippen LogP contribution < -0.4 is 16.4 Å². The molecular weight excluding hydrogens is 377 g/mol. The molecule has 0 saturated carbocycles. The minimum absolute atomic E-state index is 0.0499. The van der Waals surface area contributed by atoms with E-state index in [9.17, 15) is 4.79 Å². The molecule has 26 heavy (non-hydrogen) atoms. The summed E-state index contributed by atoms with van der Waals surface area (Å²) in [6.07, 6.45) is 0.833. The van der Waals surface area contributed by atoms with Crippen LogP contribution in [0.25, 0.3) is 22.3 Å². The molecule has 1 unspecified atom stereocenters. The van der Waals surface area contributed by atoms with Gasteiger partial charge in [0, 0.05) is 24.7 Å². The Morgan fingerprint density at radius 1 is 1.31 bits per heavy atom. The fourth-order valence-corrected chi connectivity index (χ4v) is 3.48. The Labute approximate surface area is 158 Å². The van der Waals surface area contributed by atoms with E-state index in [0.717, 1.165) is 6.42 Å². The van der Waals surface area contributed by atoms with Gasteiger partial charge in [-0.15, -0.1) is 0 Å². The Kier molecular flexibility index (Phi) is 4.18. The van der Waals surface area contributed by atoms with E-state index in [1.54, 1.807) is 18.2 Å². The summed E-state index contributed by atoms with van der Waals surface area (Å²) in [5, 5.41) is 8.22. The number of carbonyl (C=O) groups excluding carboxylic acids is 1. The first-order valence-electron chi connectivity index (χ1n) is 7.96. The summed E-state index contributed by atoms with van der Waals surface area (Å²) in [4.78, 5) is 22.9. The number of nitrogens with two attached hydrogens (primary N) is 2. The summed E-state index contributed by atoms with van der Waals surface area (Å²) in [6.45, 7) is 1.33. The highest BCUT2D eigenvalue weighted by Gasteiger charge is 2.26. The number of carbonyl (C=O) groups is 1. The van der Waals surface area contributed by atoms with E-state index in [-0.39, 0.29) is 11.7 Å². The Balaban J connectivity index is 1.92. The molecule has 8 nitrogen and oxygen atoms in total. The Hall–Kier alpha value is -2.42. The lowest BCUT2D eigenvalue weighted by atomic mass is 10.1. The van der Waals surface area contributed by atoms with Gasteiger partial charge in [-0.3, -0.25) is 9.89 Å². The van der Waals surface area contributed by atoms with Gasteiger partial charge in [0.05, 0.1) is 15.4 Å². The molecule has 1 amide bonds. The van der Waals surface area contributed by atoms with E-state index in [4.69, 9.17) is 34.7 Å². The maximum atomic E-state index is 12.1. The second-order valence-electron chi connectivity index (χ2n) is 6.13. The molecule has 5 N–H and O–H groups in total. The molecule has 1 saturated heterocycles. The zero-order valence-electron chi connectivity index (χ0n) is 13.5. The SMILES string of the molecule is NC(=O)c1nc(N2CCC(N)C2)nc2[nH]nc(-c3cccc(Cl)c3Cl)c12. The van der Waals surface area contributed by atoms with Crippen LogP contribution in [-0.2, 0) is 0 Å². The van der Waals surface area contributed by atoms with Crippen molar-refractivity contribution in [3.63, 3.8) is 0 Å². The Morgan fingerprint density at radius 2 is 2.12 bits per heavy atom. The third-order valence-electron chi connectivity index (χ3n) is 4.36. The van der Waals surface area contributed by atoms with Crippen molar-refractivity contribution in [2.75, 3.05) is 18.0 Å². The molecule has 3 aromatic rings. The molecule has 0 radical (unpaired) electrons. The number of amides is 1. The number of hydrogen-bond acceptors (Lipinski definition) is 6. The van der Waals surface area contributed by atoms with E-state index < -0.39 is 5.91 Å². The van der Waals surface area contributed by atoms with Crippen molar-refractivity contribution in [3.05, 3.63) is 33.9 Å². The molecule has 1 aromatic carbocycles. The van der Waals surface area contributed by atoms with Crippen molar-refractivity contribution in [2.24, 2.45) is 11.5 Å². The number of hydrogen-bond donors (Lipinski definition) is 3. The number of benzene rings is 1. The lowest BCUT2D eigenvalue weighted by molar-refractivity contribution is 0.0997. The Bertz CT molecular complexity index is 1020. The average molecular weight is 392 g/mol. The van der Waals surface area contributed by atoms with Crippen molar-refractivity contribution < 1.29 is 4.79 Å².